The normalized spacial score (nSPS) is 20.2. The molecule has 4 rings (SSSR count). The van der Waals surface area contributed by atoms with E-state index in [1.807, 2.05) is 13.8 Å². The van der Waals surface area contributed by atoms with Crippen LogP contribution in [0.5, 0.6) is 0 Å². The number of rotatable bonds is 6. The first kappa shape index (κ1) is 27.0. The number of hydrogen-bond donors (Lipinski definition) is 2. The van der Waals surface area contributed by atoms with E-state index in [1.54, 1.807) is 6.92 Å². The summed E-state index contributed by atoms with van der Waals surface area (Å²) < 4.78 is 38.2. The molecule has 0 bridgehead atoms. The van der Waals surface area contributed by atoms with Gasteiger partial charge in [0, 0.05) is 30.1 Å². The Bertz CT molecular complexity index is 1300. The first-order valence-corrected chi connectivity index (χ1v) is 14.2. The zero-order valence-electron chi connectivity index (χ0n) is 20.9. The standard InChI is InChI=1S/C24H30N4O7S2/c1-4-34-24(31)27-10-9-18-19(13-27)36-23(20(18)21(25)29)26-22(30)16-5-7-17(8-6-16)37(32,33)28-11-14(2)35-15(3)12-28/h5-8,14-15H,4,9-13H2,1-3H3,(H2,25,29)(H,26,30)/t14-,15+. The minimum Gasteiger partial charge on any atom is -0.450 e. The molecule has 3 N–H and O–H groups in total. The Morgan fingerprint density at radius 2 is 1.81 bits per heavy atom. The minimum absolute atomic E-state index is 0.0776. The smallest absolute Gasteiger partial charge is 0.410 e. The van der Waals surface area contributed by atoms with E-state index in [0.29, 0.717) is 23.5 Å². The van der Waals surface area contributed by atoms with Crippen LogP contribution in [0.2, 0.25) is 0 Å². The molecule has 0 saturated carbocycles. The summed E-state index contributed by atoms with van der Waals surface area (Å²) in [5, 5.41) is 3.03. The van der Waals surface area contributed by atoms with E-state index in [-0.39, 0.29) is 54.5 Å². The number of benzene rings is 1. The summed E-state index contributed by atoms with van der Waals surface area (Å²) in [6.07, 6.45) is -0.471. The van der Waals surface area contributed by atoms with E-state index < -0.39 is 27.9 Å². The van der Waals surface area contributed by atoms with Crippen LogP contribution in [0.1, 0.15) is 51.9 Å². The maximum Gasteiger partial charge on any atom is 0.410 e. The molecule has 2 aromatic rings. The highest BCUT2D eigenvalue weighted by molar-refractivity contribution is 7.89. The van der Waals surface area contributed by atoms with Crippen LogP contribution in [0.3, 0.4) is 0 Å². The number of hydrogen-bond acceptors (Lipinski definition) is 8. The molecule has 200 valence electrons. The quantitative estimate of drug-likeness (QED) is 0.561. The van der Waals surface area contributed by atoms with Gasteiger partial charge in [-0.05, 0) is 57.0 Å². The zero-order valence-corrected chi connectivity index (χ0v) is 22.5. The van der Waals surface area contributed by atoms with E-state index in [2.05, 4.69) is 5.32 Å². The Kier molecular flexibility index (Phi) is 7.88. The molecule has 11 nitrogen and oxygen atoms in total. The average Bonchev–Trinajstić information content (AvgIpc) is 3.20. The third kappa shape index (κ3) is 5.64. The highest BCUT2D eigenvalue weighted by atomic mass is 32.2. The van der Waals surface area contributed by atoms with Gasteiger partial charge in [0.05, 0.1) is 35.8 Å². The number of nitrogens with zero attached hydrogens (tertiary/aromatic N) is 2. The fourth-order valence-electron chi connectivity index (χ4n) is 4.55. The van der Waals surface area contributed by atoms with Crippen LogP contribution in [0, 0.1) is 0 Å². The van der Waals surface area contributed by atoms with Crippen molar-refractivity contribution in [1.82, 2.24) is 9.21 Å². The number of primary amides is 1. The average molecular weight is 551 g/mol. The van der Waals surface area contributed by atoms with E-state index in [9.17, 15) is 22.8 Å². The lowest BCUT2D eigenvalue weighted by molar-refractivity contribution is -0.0440. The lowest BCUT2D eigenvalue weighted by Crippen LogP contribution is -2.48. The van der Waals surface area contributed by atoms with Crippen LogP contribution in [-0.4, -0.2) is 74.0 Å². The second-order valence-electron chi connectivity index (χ2n) is 9.00. The SMILES string of the molecule is CCOC(=O)N1CCc2c(sc(NC(=O)c3ccc(S(=O)(=O)N4C[C@@H](C)O[C@@H](C)C4)cc3)c2C(N)=O)C1. The number of morpholine rings is 1. The predicted molar refractivity (Wildman–Crippen MR) is 137 cm³/mol. The molecule has 2 aliphatic rings. The lowest BCUT2D eigenvalue weighted by atomic mass is 10.0. The van der Waals surface area contributed by atoms with E-state index in [1.165, 1.54) is 44.8 Å². The largest absolute Gasteiger partial charge is 0.450 e. The van der Waals surface area contributed by atoms with Crippen molar-refractivity contribution >= 4 is 44.3 Å². The van der Waals surface area contributed by atoms with Crippen molar-refractivity contribution in [3.05, 3.63) is 45.8 Å². The number of anilines is 1. The van der Waals surface area contributed by atoms with Crippen molar-refractivity contribution in [3.63, 3.8) is 0 Å². The van der Waals surface area contributed by atoms with Gasteiger partial charge in [-0.15, -0.1) is 11.3 Å². The lowest BCUT2D eigenvalue weighted by Gasteiger charge is -2.34. The number of ether oxygens (including phenoxy) is 2. The summed E-state index contributed by atoms with van der Waals surface area (Å²) in [4.78, 5) is 39.7. The van der Waals surface area contributed by atoms with Crippen molar-refractivity contribution in [2.45, 2.75) is 50.8 Å². The van der Waals surface area contributed by atoms with E-state index in [0.717, 1.165) is 4.88 Å². The summed E-state index contributed by atoms with van der Waals surface area (Å²) in [5.74, 6) is -1.19. The van der Waals surface area contributed by atoms with Crippen molar-refractivity contribution in [2.75, 3.05) is 31.6 Å². The van der Waals surface area contributed by atoms with Gasteiger partial charge in [-0.25, -0.2) is 13.2 Å². The number of amides is 3. The number of thiophene rings is 1. The number of nitrogens with two attached hydrogens (primary N) is 1. The van der Waals surface area contributed by atoms with Gasteiger partial charge in [0.15, 0.2) is 0 Å². The summed E-state index contributed by atoms with van der Waals surface area (Å²) in [5.41, 5.74) is 6.79. The van der Waals surface area contributed by atoms with Gasteiger partial charge in [-0.2, -0.15) is 4.31 Å². The molecule has 3 amide bonds. The molecule has 37 heavy (non-hydrogen) atoms. The first-order valence-electron chi connectivity index (χ1n) is 11.9. The maximum absolute atomic E-state index is 13.1. The number of sulfonamides is 1. The molecule has 2 atom stereocenters. The molecular weight excluding hydrogens is 520 g/mol. The fraction of sp³-hybridized carbons (Fsp3) is 0.458. The van der Waals surface area contributed by atoms with Gasteiger partial charge in [0.1, 0.15) is 5.00 Å². The van der Waals surface area contributed by atoms with Crippen molar-refractivity contribution in [2.24, 2.45) is 5.73 Å². The number of fused-ring (bicyclic) bond motifs is 1. The zero-order chi connectivity index (χ0) is 26.9. The van der Waals surface area contributed by atoms with Gasteiger partial charge in [-0.1, -0.05) is 0 Å². The summed E-state index contributed by atoms with van der Waals surface area (Å²) >= 11 is 1.18. The first-order chi connectivity index (χ1) is 17.5. The molecule has 1 saturated heterocycles. The molecule has 2 aliphatic heterocycles. The van der Waals surface area contributed by atoms with E-state index in [4.69, 9.17) is 15.2 Å². The molecular formula is C24H30N4O7S2. The predicted octanol–water partition coefficient (Wildman–Crippen LogP) is 2.41. The Balaban J connectivity index is 1.52. The van der Waals surface area contributed by atoms with Gasteiger partial charge < -0.3 is 25.4 Å². The Labute approximate surface area is 219 Å². The molecule has 1 aromatic carbocycles. The van der Waals surface area contributed by atoms with Crippen LogP contribution in [-0.2, 0) is 32.5 Å². The molecule has 3 heterocycles. The molecule has 13 heteroatoms. The molecule has 0 unspecified atom stereocenters. The Morgan fingerprint density at radius 3 is 2.41 bits per heavy atom. The van der Waals surface area contributed by atoms with Crippen LogP contribution >= 0.6 is 11.3 Å². The van der Waals surface area contributed by atoms with Crippen molar-refractivity contribution < 1.29 is 32.3 Å². The molecule has 0 radical (unpaired) electrons. The third-order valence-corrected chi connectivity index (χ3v) is 9.17. The van der Waals surface area contributed by atoms with Crippen LogP contribution < -0.4 is 11.1 Å². The van der Waals surface area contributed by atoms with Crippen LogP contribution in [0.25, 0.3) is 0 Å². The molecule has 1 aromatic heterocycles. The minimum atomic E-state index is -3.75. The molecule has 0 spiro atoms. The van der Waals surface area contributed by atoms with Gasteiger partial charge in [-0.3, -0.25) is 9.59 Å². The van der Waals surface area contributed by atoms with Crippen LogP contribution in [0.4, 0.5) is 9.80 Å². The number of carbonyl (C=O) groups excluding carboxylic acids is 3. The topological polar surface area (TPSA) is 148 Å². The van der Waals surface area contributed by atoms with Crippen molar-refractivity contribution in [1.29, 1.82) is 0 Å². The summed E-state index contributed by atoms with van der Waals surface area (Å²) in [6, 6.07) is 5.63. The Morgan fingerprint density at radius 1 is 1.16 bits per heavy atom. The van der Waals surface area contributed by atoms with Crippen LogP contribution in [0.15, 0.2) is 29.2 Å². The van der Waals surface area contributed by atoms with Gasteiger partial charge >= 0.3 is 6.09 Å². The maximum atomic E-state index is 13.1. The molecule has 0 aliphatic carbocycles. The third-order valence-electron chi connectivity index (χ3n) is 6.20. The number of carbonyl (C=O) groups is 3. The second-order valence-corrected chi connectivity index (χ2v) is 12.0. The second kappa shape index (κ2) is 10.8. The fourth-order valence-corrected chi connectivity index (χ4v) is 7.41. The monoisotopic (exact) mass is 550 g/mol. The van der Waals surface area contributed by atoms with Gasteiger partial charge in [0.25, 0.3) is 11.8 Å². The summed E-state index contributed by atoms with van der Waals surface area (Å²) in [6.45, 7) is 6.75. The van der Waals surface area contributed by atoms with Crippen molar-refractivity contribution in [3.8, 4) is 0 Å². The highest BCUT2D eigenvalue weighted by Gasteiger charge is 2.33. The summed E-state index contributed by atoms with van der Waals surface area (Å²) in [7, 11) is -3.75. The molecule has 1 fully saturated rings. The Hall–Kier alpha value is -3.00. The number of nitrogens with one attached hydrogen (secondary N) is 1. The highest BCUT2D eigenvalue weighted by Crippen LogP contribution is 2.37. The van der Waals surface area contributed by atoms with E-state index >= 15 is 0 Å². The van der Waals surface area contributed by atoms with Gasteiger partial charge in [0.2, 0.25) is 10.0 Å².